The van der Waals surface area contributed by atoms with Crippen molar-refractivity contribution in [2.45, 2.75) is 13.1 Å². The van der Waals surface area contributed by atoms with Gasteiger partial charge >= 0.3 is 11.8 Å². The first-order chi connectivity index (χ1) is 10.3. The monoisotopic (exact) mass is 328 g/mol. The van der Waals surface area contributed by atoms with Crippen LogP contribution in [0.15, 0.2) is 39.5 Å². The van der Waals surface area contributed by atoms with Crippen molar-refractivity contribution in [2.75, 3.05) is 0 Å². The van der Waals surface area contributed by atoms with Gasteiger partial charge in [-0.1, -0.05) is 11.6 Å². The van der Waals surface area contributed by atoms with E-state index in [1.807, 2.05) is 0 Å². The summed E-state index contributed by atoms with van der Waals surface area (Å²) in [7, 11) is 0. The van der Waals surface area contributed by atoms with Gasteiger partial charge in [0.2, 0.25) is 5.71 Å². The second kappa shape index (κ2) is 4.88. The highest BCUT2D eigenvalue weighted by Gasteiger charge is 2.38. The number of halogens is 4. The average molecular weight is 329 g/mol. The zero-order valence-electron chi connectivity index (χ0n) is 11.1. The highest BCUT2D eigenvalue weighted by molar-refractivity contribution is 6.30. The average Bonchev–Trinajstić information content (AvgIpc) is 2.79. The van der Waals surface area contributed by atoms with Crippen molar-refractivity contribution in [3.63, 3.8) is 0 Å². The molecule has 0 saturated heterocycles. The predicted molar refractivity (Wildman–Crippen MR) is 74.4 cm³/mol. The lowest BCUT2D eigenvalue weighted by Gasteiger charge is -2.02. The summed E-state index contributed by atoms with van der Waals surface area (Å²) in [4.78, 5) is 11.5. The van der Waals surface area contributed by atoms with Crippen LogP contribution < -0.4 is 5.63 Å². The standard InChI is InChI=1S/C14H8ClF3N2O2/c1-7-6-10(21)22-13-11(7)12(14(16,17)18)19-20(13)9-4-2-8(15)3-5-9/h2-6H,1H3. The number of fused-ring (bicyclic) bond motifs is 1. The van der Waals surface area contributed by atoms with E-state index >= 15 is 0 Å². The highest BCUT2D eigenvalue weighted by Crippen LogP contribution is 2.36. The lowest BCUT2D eigenvalue weighted by atomic mass is 10.2. The third kappa shape index (κ3) is 2.37. The summed E-state index contributed by atoms with van der Waals surface area (Å²) in [6.07, 6.45) is -4.67. The van der Waals surface area contributed by atoms with E-state index in [2.05, 4.69) is 5.10 Å². The van der Waals surface area contributed by atoms with Crippen LogP contribution in [0.3, 0.4) is 0 Å². The fourth-order valence-electron chi connectivity index (χ4n) is 2.18. The predicted octanol–water partition coefficient (Wildman–Crippen LogP) is 3.96. The Morgan fingerprint density at radius 1 is 1.23 bits per heavy atom. The summed E-state index contributed by atoms with van der Waals surface area (Å²) in [6.45, 7) is 1.41. The van der Waals surface area contributed by atoms with Crippen LogP contribution in [0.1, 0.15) is 11.3 Å². The summed E-state index contributed by atoms with van der Waals surface area (Å²) in [5.41, 5.74) is -1.63. The molecule has 0 unspecified atom stereocenters. The van der Waals surface area contributed by atoms with E-state index in [1.165, 1.54) is 31.2 Å². The van der Waals surface area contributed by atoms with E-state index in [4.69, 9.17) is 16.0 Å². The quantitative estimate of drug-likeness (QED) is 0.679. The molecule has 0 saturated carbocycles. The molecule has 22 heavy (non-hydrogen) atoms. The Kier molecular flexibility index (Phi) is 3.25. The lowest BCUT2D eigenvalue weighted by molar-refractivity contribution is -0.140. The van der Waals surface area contributed by atoms with E-state index in [0.29, 0.717) is 10.7 Å². The molecule has 3 rings (SSSR count). The molecule has 2 aromatic heterocycles. The van der Waals surface area contributed by atoms with E-state index in [9.17, 15) is 18.0 Å². The summed E-state index contributed by atoms with van der Waals surface area (Å²) >= 11 is 5.76. The summed E-state index contributed by atoms with van der Waals surface area (Å²) < 4.78 is 45.4. The van der Waals surface area contributed by atoms with Gasteiger partial charge in [-0.15, -0.1) is 0 Å². The molecule has 0 aliphatic carbocycles. The van der Waals surface area contributed by atoms with Gasteiger partial charge in [-0.2, -0.15) is 23.0 Å². The first-order valence-corrected chi connectivity index (χ1v) is 6.52. The Bertz CT molecular complexity index is 911. The van der Waals surface area contributed by atoms with Crippen molar-refractivity contribution in [3.05, 3.63) is 57.0 Å². The van der Waals surface area contributed by atoms with Gasteiger partial charge < -0.3 is 4.42 Å². The number of benzene rings is 1. The van der Waals surface area contributed by atoms with Gasteiger partial charge in [0.05, 0.1) is 11.1 Å². The van der Waals surface area contributed by atoms with Crippen LogP contribution in [0.25, 0.3) is 16.8 Å². The van der Waals surface area contributed by atoms with Crippen molar-refractivity contribution in [1.82, 2.24) is 9.78 Å². The Labute approximate surface area is 126 Å². The van der Waals surface area contributed by atoms with Crippen LogP contribution in [-0.2, 0) is 6.18 Å². The molecule has 0 bridgehead atoms. The number of hydrogen-bond acceptors (Lipinski definition) is 3. The fraction of sp³-hybridized carbons (Fsp3) is 0.143. The van der Waals surface area contributed by atoms with Crippen LogP contribution in [0.5, 0.6) is 0 Å². The number of alkyl halides is 3. The number of rotatable bonds is 1. The largest absolute Gasteiger partial charge is 0.435 e. The van der Waals surface area contributed by atoms with Crippen molar-refractivity contribution < 1.29 is 17.6 Å². The Hall–Kier alpha value is -2.28. The van der Waals surface area contributed by atoms with Crippen molar-refractivity contribution in [1.29, 1.82) is 0 Å². The maximum Gasteiger partial charge on any atom is 0.435 e. The van der Waals surface area contributed by atoms with Crippen LogP contribution in [0.4, 0.5) is 13.2 Å². The first kappa shape index (κ1) is 14.6. The number of nitrogens with zero attached hydrogens (tertiary/aromatic N) is 2. The van der Waals surface area contributed by atoms with Crippen molar-refractivity contribution in [2.24, 2.45) is 0 Å². The van der Waals surface area contributed by atoms with Gasteiger partial charge in [-0.05, 0) is 36.8 Å². The van der Waals surface area contributed by atoms with Crippen LogP contribution in [0, 0.1) is 6.92 Å². The minimum absolute atomic E-state index is 0.152. The maximum atomic E-state index is 13.2. The second-order valence-electron chi connectivity index (χ2n) is 4.66. The SMILES string of the molecule is Cc1cc(=O)oc2c1c(C(F)(F)F)nn2-c1ccc(Cl)cc1. The van der Waals surface area contributed by atoms with Gasteiger partial charge in [0.1, 0.15) is 0 Å². The Balaban J connectivity index is 2.40. The van der Waals surface area contributed by atoms with Crippen LogP contribution in [0.2, 0.25) is 5.02 Å². The van der Waals surface area contributed by atoms with Crippen molar-refractivity contribution in [3.8, 4) is 5.69 Å². The van der Waals surface area contributed by atoms with E-state index in [0.717, 1.165) is 10.7 Å². The van der Waals surface area contributed by atoms with Crippen LogP contribution in [-0.4, -0.2) is 9.78 Å². The molecule has 4 nitrogen and oxygen atoms in total. The fourth-order valence-corrected chi connectivity index (χ4v) is 2.31. The summed E-state index contributed by atoms with van der Waals surface area (Å²) in [5.74, 6) is 0. The number of aromatic nitrogens is 2. The van der Waals surface area contributed by atoms with Gasteiger partial charge in [-0.25, -0.2) is 4.79 Å². The Morgan fingerprint density at radius 3 is 2.45 bits per heavy atom. The third-order valence-electron chi connectivity index (χ3n) is 3.11. The van der Waals surface area contributed by atoms with E-state index in [1.54, 1.807) is 0 Å². The minimum atomic E-state index is -4.67. The molecule has 8 heteroatoms. The highest BCUT2D eigenvalue weighted by atomic mass is 35.5. The smallest absolute Gasteiger partial charge is 0.403 e. The number of aryl methyl sites for hydroxylation is 1. The minimum Gasteiger partial charge on any atom is -0.403 e. The van der Waals surface area contributed by atoms with Gasteiger partial charge in [0.15, 0.2) is 5.69 Å². The topological polar surface area (TPSA) is 48.0 Å². The zero-order chi connectivity index (χ0) is 16.1. The molecule has 1 aromatic carbocycles. The molecule has 0 spiro atoms. The van der Waals surface area contributed by atoms with E-state index in [-0.39, 0.29) is 16.7 Å². The van der Waals surface area contributed by atoms with Gasteiger partial charge in [-0.3, -0.25) is 0 Å². The molecule has 0 fully saturated rings. The zero-order valence-corrected chi connectivity index (χ0v) is 11.9. The van der Waals surface area contributed by atoms with Crippen LogP contribution >= 0.6 is 11.6 Å². The molecule has 0 amide bonds. The molecular formula is C14H8ClF3N2O2. The first-order valence-electron chi connectivity index (χ1n) is 6.14. The second-order valence-corrected chi connectivity index (χ2v) is 5.10. The summed E-state index contributed by atoms with van der Waals surface area (Å²) in [5, 5.41) is 3.77. The number of hydrogen-bond donors (Lipinski definition) is 0. The molecule has 114 valence electrons. The lowest BCUT2D eigenvalue weighted by Crippen LogP contribution is -2.08. The molecular weight excluding hydrogens is 321 g/mol. The molecule has 3 aromatic rings. The molecule has 0 N–H and O–H groups in total. The van der Waals surface area contributed by atoms with Gasteiger partial charge in [0.25, 0.3) is 0 Å². The van der Waals surface area contributed by atoms with Gasteiger partial charge in [0, 0.05) is 11.1 Å². The maximum absolute atomic E-state index is 13.2. The van der Waals surface area contributed by atoms with E-state index < -0.39 is 17.5 Å². The molecule has 0 atom stereocenters. The summed E-state index contributed by atoms with van der Waals surface area (Å²) in [6, 6.07) is 6.98. The third-order valence-corrected chi connectivity index (χ3v) is 3.36. The van der Waals surface area contributed by atoms with Crippen molar-refractivity contribution >= 4 is 22.7 Å². The normalized spacial score (nSPS) is 12.0. The molecule has 0 aliphatic heterocycles. The molecule has 0 aliphatic rings. The Morgan fingerprint density at radius 2 is 1.86 bits per heavy atom. The molecule has 2 heterocycles. The molecule has 0 radical (unpaired) electrons.